The van der Waals surface area contributed by atoms with Crippen LogP contribution in [0.1, 0.15) is 264 Å². The van der Waals surface area contributed by atoms with Crippen molar-refractivity contribution in [3.63, 3.8) is 0 Å². The van der Waals surface area contributed by atoms with Gasteiger partial charge in [0.05, 0.1) is 0 Å². The summed E-state index contributed by atoms with van der Waals surface area (Å²) in [5.41, 5.74) is 0. The van der Waals surface area contributed by atoms with Crippen LogP contribution >= 0.6 is 0 Å². The number of aliphatic carboxylic acids is 1. The molecule has 0 amide bonds. The summed E-state index contributed by atoms with van der Waals surface area (Å²) in [4.78, 5) is 23.5. The van der Waals surface area contributed by atoms with E-state index in [1.807, 2.05) is 0 Å². The number of esters is 1. The molecule has 1 unspecified atom stereocenters. The number of hydrogen-bond acceptors (Lipinski definition) is 3. The summed E-state index contributed by atoms with van der Waals surface area (Å²) < 4.78 is 5.97. The molecule has 0 heterocycles. The molecule has 0 saturated carbocycles. The van der Waals surface area contributed by atoms with Crippen LogP contribution in [-0.4, -0.2) is 23.1 Å². The zero-order valence-corrected chi connectivity index (χ0v) is 32.8. The average Bonchev–Trinajstić information content (AvgIpc) is 3.07. The Kier molecular flexibility index (Phi) is 39.5. The van der Waals surface area contributed by atoms with E-state index in [4.69, 9.17) is 9.84 Å². The van der Waals surface area contributed by atoms with Crippen LogP contribution in [-0.2, 0) is 14.3 Å². The first-order valence-electron chi connectivity index (χ1n) is 22.0. The molecule has 0 fully saturated rings. The number of ether oxygens (including phenoxy) is 1. The van der Waals surface area contributed by atoms with Crippen LogP contribution in [0.25, 0.3) is 0 Å². The van der Waals surface area contributed by atoms with Crippen molar-refractivity contribution in [3.05, 3.63) is 0 Å². The molecule has 0 aromatic heterocycles. The molecule has 0 bridgehead atoms. The van der Waals surface area contributed by atoms with Gasteiger partial charge in [-0.15, -0.1) is 0 Å². The van der Waals surface area contributed by atoms with E-state index in [1.165, 1.54) is 186 Å². The lowest BCUT2D eigenvalue weighted by Crippen LogP contribution is -2.18. The summed E-state index contributed by atoms with van der Waals surface area (Å²) in [5, 5.41) is 8.91. The molecule has 0 aromatic rings. The normalized spacial score (nSPS) is 12.0. The Morgan fingerprint density at radius 1 is 0.375 bits per heavy atom. The summed E-state index contributed by atoms with van der Waals surface area (Å²) in [6.45, 7) is 4.57. The maximum atomic E-state index is 12.6. The van der Waals surface area contributed by atoms with Gasteiger partial charge < -0.3 is 9.84 Å². The Morgan fingerprint density at radius 2 is 0.625 bits per heavy atom. The molecule has 0 aliphatic carbocycles. The lowest BCUT2D eigenvalue weighted by molar-refractivity contribution is -0.150. The number of hydrogen-bond donors (Lipinski definition) is 1. The molecule has 0 spiro atoms. The van der Waals surface area contributed by atoms with E-state index >= 15 is 0 Å². The second-order valence-corrected chi connectivity index (χ2v) is 15.3. The molecule has 0 aliphatic rings. The van der Waals surface area contributed by atoms with Crippen molar-refractivity contribution in [2.45, 2.75) is 270 Å². The first-order chi connectivity index (χ1) is 23.6. The number of unbranched alkanes of at least 4 members (excludes halogenated alkanes) is 32. The summed E-state index contributed by atoms with van der Waals surface area (Å²) in [5.74, 6) is -0.739. The average molecular weight is 679 g/mol. The maximum absolute atomic E-state index is 12.6. The minimum Gasteiger partial charge on any atom is -0.481 e. The molecular weight excluding hydrogens is 592 g/mol. The number of carboxylic acid groups (broad SMARTS) is 1. The van der Waals surface area contributed by atoms with Gasteiger partial charge in [0.2, 0.25) is 0 Å². The fourth-order valence-electron chi connectivity index (χ4n) is 7.07. The summed E-state index contributed by atoms with van der Waals surface area (Å²) in [6.07, 6.45) is 48.5. The standard InChI is InChI=1S/C44H86O4/c1-3-5-7-9-11-13-15-17-18-19-20-21-22-24-26-28-30-32-37-41-44(47)48-42(39-35-33-36-40-43(45)46)38-34-31-29-27-25-23-16-14-12-10-8-6-4-2/h42H,3-41H2,1-2H3,(H,45,46). The van der Waals surface area contributed by atoms with Gasteiger partial charge in [-0.1, -0.05) is 213 Å². The number of rotatable bonds is 41. The quantitative estimate of drug-likeness (QED) is 0.0516. The van der Waals surface area contributed by atoms with Crippen LogP contribution in [0.4, 0.5) is 0 Å². The van der Waals surface area contributed by atoms with Crippen LogP contribution in [0.5, 0.6) is 0 Å². The first kappa shape index (κ1) is 46.9. The lowest BCUT2D eigenvalue weighted by Gasteiger charge is -2.18. The fraction of sp³-hybridized carbons (Fsp3) is 0.955. The molecule has 4 nitrogen and oxygen atoms in total. The minimum absolute atomic E-state index is 0.00959. The summed E-state index contributed by atoms with van der Waals surface area (Å²) >= 11 is 0. The molecule has 0 radical (unpaired) electrons. The Hall–Kier alpha value is -1.06. The highest BCUT2D eigenvalue weighted by Crippen LogP contribution is 2.19. The van der Waals surface area contributed by atoms with Gasteiger partial charge in [0.1, 0.15) is 6.10 Å². The van der Waals surface area contributed by atoms with Gasteiger partial charge in [-0.05, 0) is 38.5 Å². The summed E-state index contributed by atoms with van der Waals surface area (Å²) in [7, 11) is 0. The van der Waals surface area contributed by atoms with Gasteiger partial charge in [-0.25, -0.2) is 0 Å². The van der Waals surface area contributed by atoms with Crippen LogP contribution in [0.2, 0.25) is 0 Å². The maximum Gasteiger partial charge on any atom is 0.306 e. The van der Waals surface area contributed by atoms with E-state index < -0.39 is 5.97 Å². The molecule has 286 valence electrons. The molecule has 0 rings (SSSR count). The molecule has 0 saturated heterocycles. The van der Waals surface area contributed by atoms with Crippen molar-refractivity contribution >= 4 is 11.9 Å². The second kappa shape index (κ2) is 40.4. The Balaban J connectivity index is 3.81. The third kappa shape index (κ3) is 39.4. The largest absolute Gasteiger partial charge is 0.481 e. The Bertz CT molecular complexity index is 648. The fourth-order valence-corrected chi connectivity index (χ4v) is 7.07. The minimum atomic E-state index is -0.718. The highest BCUT2D eigenvalue weighted by molar-refractivity contribution is 5.69. The van der Waals surface area contributed by atoms with E-state index in [-0.39, 0.29) is 18.5 Å². The van der Waals surface area contributed by atoms with Crippen molar-refractivity contribution in [1.29, 1.82) is 0 Å². The number of carbonyl (C=O) groups is 2. The zero-order chi connectivity index (χ0) is 35.0. The van der Waals surface area contributed by atoms with E-state index in [1.54, 1.807) is 0 Å². The van der Waals surface area contributed by atoms with E-state index in [0.29, 0.717) is 12.8 Å². The summed E-state index contributed by atoms with van der Waals surface area (Å²) in [6, 6.07) is 0. The van der Waals surface area contributed by atoms with Gasteiger partial charge in [-0.3, -0.25) is 9.59 Å². The van der Waals surface area contributed by atoms with Crippen molar-refractivity contribution in [2.75, 3.05) is 0 Å². The third-order valence-electron chi connectivity index (χ3n) is 10.3. The van der Waals surface area contributed by atoms with Gasteiger partial charge >= 0.3 is 11.9 Å². The molecule has 0 aliphatic heterocycles. The smallest absolute Gasteiger partial charge is 0.306 e. The van der Waals surface area contributed by atoms with Crippen molar-refractivity contribution in [3.8, 4) is 0 Å². The van der Waals surface area contributed by atoms with Crippen LogP contribution in [0, 0.1) is 0 Å². The molecule has 0 aromatic carbocycles. The monoisotopic (exact) mass is 679 g/mol. The van der Waals surface area contributed by atoms with Crippen molar-refractivity contribution in [2.24, 2.45) is 0 Å². The molecule has 4 heteroatoms. The molecule has 48 heavy (non-hydrogen) atoms. The zero-order valence-electron chi connectivity index (χ0n) is 32.8. The molecule has 1 atom stereocenters. The van der Waals surface area contributed by atoms with Crippen molar-refractivity contribution < 1.29 is 19.4 Å². The first-order valence-corrected chi connectivity index (χ1v) is 22.0. The van der Waals surface area contributed by atoms with Crippen molar-refractivity contribution in [1.82, 2.24) is 0 Å². The number of carboxylic acids is 1. The van der Waals surface area contributed by atoms with Crippen LogP contribution in [0.15, 0.2) is 0 Å². The topological polar surface area (TPSA) is 63.6 Å². The third-order valence-corrected chi connectivity index (χ3v) is 10.3. The van der Waals surface area contributed by atoms with E-state index in [0.717, 1.165) is 44.9 Å². The Labute approximate surface area is 301 Å². The van der Waals surface area contributed by atoms with E-state index in [9.17, 15) is 9.59 Å². The number of carbonyl (C=O) groups excluding carboxylic acids is 1. The highest BCUT2D eigenvalue weighted by Gasteiger charge is 2.14. The SMILES string of the molecule is CCCCCCCCCCCCCCCCCCCCCC(=O)OC(CCCCCCCCCCCCCCC)CCCCCC(=O)O. The van der Waals surface area contributed by atoms with Crippen LogP contribution in [0.3, 0.4) is 0 Å². The van der Waals surface area contributed by atoms with Gasteiger partial charge in [0.15, 0.2) is 0 Å². The molecule has 1 N–H and O–H groups in total. The Morgan fingerprint density at radius 3 is 0.938 bits per heavy atom. The van der Waals surface area contributed by atoms with Gasteiger partial charge in [-0.2, -0.15) is 0 Å². The predicted molar refractivity (Wildman–Crippen MR) is 209 cm³/mol. The lowest BCUT2D eigenvalue weighted by atomic mass is 10.0. The highest BCUT2D eigenvalue weighted by atomic mass is 16.5. The predicted octanol–water partition coefficient (Wildman–Crippen LogP) is 15.2. The van der Waals surface area contributed by atoms with Crippen LogP contribution < -0.4 is 0 Å². The van der Waals surface area contributed by atoms with Gasteiger partial charge in [0, 0.05) is 12.8 Å². The van der Waals surface area contributed by atoms with E-state index in [2.05, 4.69) is 13.8 Å². The molecular formula is C44H86O4. The second-order valence-electron chi connectivity index (χ2n) is 15.3. The van der Waals surface area contributed by atoms with Gasteiger partial charge in [0.25, 0.3) is 0 Å².